The number of carbonyl (C=O) groups excluding carboxylic acids is 2. The van der Waals surface area contributed by atoms with Gasteiger partial charge in [-0.1, -0.05) is 29.3 Å². The minimum Gasteiger partial charge on any atom is -0.364 e. The molecule has 0 aliphatic carbocycles. The average molecular weight is 463 g/mol. The second-order valence-corrected chi connectivity index (χ2v) is 7.82. The van der Waals surface area contributed by atoms with Gasteiger partial charge in [0.15, 0.2) is 5.69 Å². The quantitative estimate of drug-likeness (QED) is 0.585. The van der Waals surface area contributed by atoms with Crippen molar-refractivity contribution >= 4 is 46.4 Å². The van der Waals surface area contributed by atoms with E-state index < -0.39 is 12.1 Å². The fraction of sp³-hybridized carbons (Fsp3) is 0.200. The highest BCUT2D eigenvalue weighted by atomic mass is 35.5. The van der Waals surface area contributed by atoms with Gasteiger partial charge in [0.2, 0.25) is 5.91 Å². The Hall–Kier alpha value is -3.17. The van der Waals surface area contributed by atoms with Gasteiger partial charge in [0, 0.05) is 5.69 Å². The first kappa shape index (κ1) is 21.1. The molecule has 1 aliphatic heterocycles. The van der Waals surface area contributed by atoms with Crippen LogP contribution in [0.2, 0.25) is 10.0 Å². The van der Waals surface area contributed by atoms with Crippen LogP contribution < -0.4 is 11.1 Å². The molecule has 3 heterocycles. The number of pyridine rings is 1. The third-order valence-corrected chi connectivity index (χ3v) is 5.35. The van der Waals surface area contributed by atoms with Gasteiger partial charge in [0.05, 0.1) is 53.3 Å². The van der Waals surface area contributed by atoms with Gasteiger partial charge in [-0.05, 0) is 24.3 Å². The monoisotopic (exact) mass is 462 g/mol. The summed E-state index contributed by atoms with van der Waals surface area (Å²) in [7, 11) is 0. The maximum atomic E-state index is 12.9. The smallest absolute Gasteiger partial charge is 0.271 e. The predicted molar refractivity (Wildman–Crippen MR) is 115 cm³/mol. The molecule has 3 N–H and O–H groups in total. The van der Waals surface area contributed by atoms with E-state index in [0.29, 0.717) is 32.8 Å². The highest BCUT2D eigenvalue weighted by molar-refractivity contribution is 6.37. The summed E-state index contributed by atoms with van der Waals surface area (Å²) in [6.07, 6.45) is 2.20. The predicted octanol–water partition coefficient (Wildman–Crippen LogP) is 3.14. The van der Waals surface area contributed by atoms with Gasteiger partial charge in [-0.15, -0.1) is 0 Å². The van der Waals surface area contributed by atoms with E-state index in [1.807, 2.05) is 0 Å². The van der Waals surface area contributed by atoms with Crippen molar-refractivity contribution in [2.75, 3.05) is 18.4 Å². The molecule has 0 bridgehead atoms. The van der Waals surface area contributed by atoms with Crippen LogP contribution >= 0.6 is 23.2 Å². The number of para-hydroxylation sites is 1. The fourth-order valence-electron chi connectivity index (χ4n) is 3.12. The SMILES string of the molecule is NC(=O)c1nn(-c2c(Cl)cccc2Cl)cc1Nc1ccc(CC(=O)N2CC(F)C2)nc1. The summed E-state index contributed by atoms with van der Waals surface area (Å²) in [5.74, 6) is -0.906. The van der Waals surface area contributed by atoms with Crippen LogP contribution in [0.4, 0.5) is 15.8 Å². The number of carbonyl (C=O) groups is 2. The highest BCUT2D eigenvalue weighted by Crippen LogP contribution is 2.30. The van der Waals surface area contributed by atoms with Crippen molar-refractivity contribution in [3.05, 3.63) is 64.2 Å². The van der Waals surface area contributed by atoms with Crippen LogP contribution in [-0.4, -0.2) is 50.7 Å². The first-order valence-corrected chi connectivity index (χ1v) is 10.0. The number of likely N-dealkylation sites (tertiary alicyclic amines) is 1. The van der Waals surface area contributed by atoms with Crippen LogP contribution in [0.1, 0.15) is 16.2 Å². The Bertz CT molecular complexity index is 1120. The van der Waals surface area contributed by atoms with Crippen molar-refractivity contribution in [2.24, 2.45) is 5.73 Å². The molecule has 1 aromatic carbocycles. The number of halogens is 3. The number of hydrogen-bond acceptors (Lipinski definition) is 5. The van der Waals surface area contributed by atoms with E-state index in [4.69, 9.17) is 28.9 Å². The first-order valence-electron chi connectivity index (χ1n) is 9.29. The Morgan fingerprint density at radius 1 is 1.19 bits per heavy atom. The van der Waals surface area contributed by atoms with Crippen molar-refractivity contribution in [3.63, 3.8) is 0 Å². The third-order valence-electron chi connectivity index (χ3n) is 4.74. The molecule has 0 saturated carbocycles. The van der Waals surface area contributed by atoms with Gasteiger partial charge in [-0.25, -0.2) is 9.07 Å². The second kappa shape index (κ2) is 8.52. The molecule has 1 aliphatic rings. The van der Waals surface area contributed by atoms with Gasteiger partial charge in [-0.2, -0.15) is 5.10 Å². The van der Waals surface area contributed by atoms with Crippen LogP contribution in [-0.2, 0) is 11.2 Å². The van der Waals surface area contributed by atoms with Crippen LogP contribution in [0.15, 0.2) is 42.7 Å². The van der Waals surface area contributed by atoms with Crippen molar-refractivity contribution in [3.8, 4) is 5.69 Å². The van der Waals surface area contributed by atoms with Crippen molar-refractivity contribution < 1.29 is 14.0 Å². The minimum atomic E-state index is -0.940. The number of alkyl halides is 1. The maximum absolute atomic E-state index is 12.9. The lowest BCUT2D eigenvalue weighted by Gasteiger charge is -2.34. The molecule has 1 fully saturated rings. The Morgan fingerprint density at radius 3 is 2.48 bits per heavy atom. The molecule has 31 heavy (non-hydrogen) atoms. The van der Waals surface area contributed by atoms with Gasteiger partial charge in [0.1, 0.15) is 11.9 Å². The average Bonchev–Trinajstić information content (AvgIpc) is 3.10. The van der Waals surface area contributed by atoms with E-state index in [9.17, 15) is 14.0 Å². The number of benzene rings is 1. The molecule has 0 radical (unpaired) electrons. The maximum Gasteiger partial charge on any atom is 0.271 e. The number of hydrogen-bond donors (Lipinski definition) is 2. The lowest BCUT2D eigenvalue weighted by atomic mass is 10.1. The first-order chi connectivity index (χ1) is 14.8. The normalized spacial score (nSPS) is 13.7. The molecular formula is C20H17Cl2FN6O2. The Balaban J connectivity index is 1.53. The standard InChI is InChI=1S/C20H17Cl2FN6O2/c21-14-2-1-3-15(22)19(14)29-10-16(18(27-29)20(24)31)26-13-5-4-12(25-7-13)6-17(30)28-8-11(23)9-28/h1-5,7,10-11,26H,6,8-9H2,(H2,24,31). The minimum absolute atomic E-state index is 0.00574. The summed E-state index contributed by atoms with van der Waals surface area (Å²) in [4.78, 5) is 29.6. The molecule has 0 atom stereocenters. The van der Waals surface area contributed by atoms with Crippen molar-refractivity contribution in [2.45, 2.75) is 12.6 Å². The van der Waals surface area contributed by atoms with E-state index in [-0.39, 0.29) is 31.1 Å². The summed E-state index contributed by atoms with van der Waals surface area (Å²) >= 11 is 12.5. The van der Waals surface area contributed by atoms with Crippen LogP contribution in [0.5, 0.6) is 0 Å². The Kier molecular flexibility index (Phi) is 5.79. The molecule has 11 heteroatoms. The zero-order chi connectivity index (χ0) is 22.1. The molecule has 0 spiro atoms. The van der Waals surface area contributed by atoms with Gasteiger partial charge in [0.25, 0.3) is 5.91 Å². The molecule has 1 saturated heterocycles. The molecule has 2 aromatic heterocycles. The molecule has 8 nitrogen and oxygen atoms in total. The summed E-state index contributed by atoms with van der Waals surface area (Å²) in [6.45, 7) is 0.265. The number of nitrogens with zero attached hydrogens (tertiary/aromatic N) is 4. The lowest BCUT2D eigenvalue weighted by molar-refractivity contribution is -0.137. The number of anilines is 2. The Labute approximate surface area is 186 Å². The molecule has 160 valence electrons. The zero-order valence-corrected chi connectivity index (χ0v) is 17.6. The van der Waals surface area contributed by atoms with Crippen molar-refractivity contribution in [1.82, 2.24) is 19.7 Å². The highest BCUT2D eigenvalue weighted by Gasteiger charge is 2.30. The summed E-state index contributed by atoms with van der Waals surface area (Å²) in [5, 5.41) is 7.95. The number of aromatic nitrogens is 3. The molecular weight excluding hydrogens is 446 g/mol. The van der Waals surface area contributed by atoms with E-state index in [0.717, 1.165) is 0 Å². The van der Waals surface area contributed by atoms with E-state index in [1.165, 1.54) is 15.8 Å². The number of nitrogens with two attached hydrogens (primary N) is 1. The lowest BCUT2D eigenvalue weighted by Crippen LogP contribution is -2.52. The summed E-state index contributed by atoms with van der Waals surface area (Å²) in [5.41, 5.74) is 7.31. The summed E-state index contributed by atoms with van der Waals surface area (Å²) < 4.78 is 14.3. The van der Waals surface area contributed by atoms with Gasteiger partial charge < -0.3 is 16.0 Å². The Morgan fingerprint density at radius 2 is 1.90 bits per heavy atom. The van der Waals surface area contributed by atoms with Crippen LogP contribution in [0.3, 0.4) is 0 Å². The van der Waals surface area contributed by atoms with Crippen molar-refractivity contribution in [1.29, 1.82) is 0 Å². The van der Waals surface area contributed by atoms with E-state index in [2.05, 4.69) is 15.4 Å². The molecule has 3 aromatic rings. The van der Waals surface area contributed by atoms with Gasteiger partial charge in [-0.3, -0.25) is 14.6 Å². The fourth-order valence-corrected chi connectivity index (χ4v) is 3.69. The number of nitrogens with one attached hydrogen (secondary N) is 1. The zero-order valence-electron chi connectivity index (χ0n) is 16.1. The number of amides is 2. The largest absolute Gasteiger partial charge is 0.364 e. The third kappa shape index (κ3) is 4.47. The molecule has 2 amide bonds. The van der Waals surface area contributed by atoms with Crippen LogP contribution in [0, 0.1) is 0 Å². The number of primary amides is 1. The number of rotatable bonds is 6. The molecule has 0 unspecified atom stereocenters. The summed E-state index contributed by atoms with van der Waals surface area (Å²) in [6, 6.07) is 8.38. The van der Waals surface area contributed by atoms with E-state index in [1.54, 1.807) is 36.5 Å². The topological polar surface area (TPSA) is 106 Å². The van der Waals surface area contributed by atoms with Gasteiger partial charge >= 0.3 is 0 Å². The van der Waals surface area contributed by atoms with E-state index >= 15 is 0 Å². The second-order valence-electron chi connectivity index (χ2n) is 7.01. The molecule has 4 rings (SSSR count). The van der Waals surface area contributed by atoms with Crippen LogP contribution in [0.25, 0.3) is 5.69 Å².